The van der Waals surface area contributed by atoms with Crippen LogP contribution in [0.2, 0.25) is 0 Å². The highest BCUT2D eigenvalue weighted by molar-refractivity contribution is 9.10. The van der Waals surface area contributed by atoms with Crippen LogP contribution in [-0.2, 0) is 14.8 Å². The number of benzene rings is 1. The number of thioether (sulfide) groups is 1. The number of carbonyl (C=O) groups excluding carboxylic acids is 1. The van der Waals surface area contributed by atoms with Gasteiger partial charge in [-0.05, 0) is 43.0 Å². The van der Waals surface area contributed by atoms with Crippen LogP contribution in [-0.4, -0.2) is 49.9 Å². The first kappa shape index (κ1) is 18.0. The zero-order valence-electron chi connectivity index (χ0n) is 12.9. The van der Waals surface area contributed by atoms with E-state index in [2.05, 4.69) is 20.3 Å². The highest BCUT2D eigenvalue weighted by Gasteiger charge is 2.34. The number of sulfonamides is 1. The van der Waals surface area contributed by atoms with E-state index in [1.165, 1.54) is 17.0 Å². The average molecular weight is 418 g/mol. The van der Waals surface area contributed by atoms with E-state index in [0.29, 0.717) is 11.4 Å². The van der Waals surface area contributed by atoms with Crippen molar-refractivity contribution in [2.24, 2.45) is 4.40 Å². The molecule has 1 aliphatic rings. The molecule has 0 N–H and O–H groups in total. The fraction of sp³-hybridized carbons (Fsp3) is 0.286. The predicted octanol–water partition coefficient (Wildman–Crippen LogP) is 2.49. The summed E-state index contributed by atoms with van der Waals surface area (Å²) in [7, 11) is -0.274. The number of hydrogen-bond donors (Lipinski definition) is 0. The van der Waals surface area contributed by atoms with Gasteiger partial charge in [0.1, 0.15) is 0 Å². The minimum absolute atomic E-state index is 0.0855. The van der Waals surface area contributed by atoms with Crippen molar-refractivity contribution in [1.29, 1.82) is 0 Å². The summed E-state index contributed by atoms with van der Waals surface area (Å²) >= 11 is 4.32. The van der Waals surface area contributed by atoms with E-state index in [1.54, 1.807) is 44.3 Å². The molecule has 1 aromatic carbocycles. The Morgan fingerprint density at radius 3 is 2.43 bits per heavy atom. The number of nitrogens with zero attached hydrogens (tertiary/aromatic N) is 3. The maximum Gasteiger partial charge on any atom is 0.284 e. The van der Waals surface area contributed by atoms with E-state index in [1.807, 2.05) is 0 Å². The second-order valence-electron chi connectivity index (χ2n) is 4.91. The summed E-state index contributed by atoms with van der Waals surface area (Å²) in [5, 5.41) is 0.175. The molecule has 6 nitrogen and oxygen atoms in total. The predicted molar refractivity (Wildman–Crippen MR) is 95.5 cm³/mol. The van der Waals surface area contributed by atoms with Gasteiger partial charge in [0.25, 0.3) is 15.9 Å². The third-order valence-electron chi connectivity index (χ3n) is 2.89. The molecule has 2 rings (SSSR count). The largest absolute Gasteiger partial charge is 0.382 e. The van der Waals surface area contributed by atoms with E-state index in [4.69, 9.17) is 0 Å². The van der Waals surface area contributed by atoms with Gasteiger partial charge in [0, 0.05) is 31.3 Å². The third kappa shape index (κ3) is 4.15. The second kappa shape index (κ2) is 7.06. The Morgan fingerprint density at radius 1 is 1.30 bits per heavy atom. The van der Waals surface area contributed by atoms with Crippen LogP contribution < -0.4 is 0 Å². The standard InChI is InChI=1S/C14H16BrN3O3S2/c1-4-18-13(19)12(9-17(2)3)22-14(18)16-23(20,21)11-7-5-10(15)6-8-11/h5-9H,4H2,1-3H3/b12-9+,16-14?. The second-order valence-corrected chi connectivity index (χ2v) is 8.44. The summed E-state index contributed by atoms with van der Waals surface area (Å²) in [6, 6.07) is 6.21. The highest BCUT2D eigenvalue weighted by Crippen LogP contribution is 2.32. The van der Waals surface area contributed by atoms with Crippen molar-refractivity contribution in [1.82, 2.24) is 9.80 Å². The molecule has 0 aliphatic carbocycles. The Balaban J connectivity index is 2.41. The monoisotopic (exact) mass is 417 g/mol. The molecule has 124 valence electrons. The molecule has 0 bridgehead atoms. The average Bonchev–Trinajstić information content (AvgIpc) is 2.73. The molecular weight excluding hydrogens is 402 g/mol. The van der Waals surface area contributed by atoms with E-state index < -0.39 is 10.0 Å². The molecule has 1 amide bonds. The first-order valence-corrected chi connectivity index (χ1v) is 9.78. The Hall–Kier alpha value is -1.32. The van der Waals surface area contributed by atoms with Crippen molar-refractivity contribution >= 4 is 48.8 Å². The molecule has 0 spiro atoms. The molecule has 1 saturated heterocycles. The Kier molecular flexibility index (Phi) is 5.53. The van der Waals surface area contributed by atoms with Crippen molar-refractivity contribution < 1.29 is 13.2 Å². The summed E-state index contributed by atoms with van der Waals surface area (Å²) in [6.45, 7) is 2.13. The summed E-state index contributed by atoms with van der Waals surface area (Å²) in [4.78, 5) is 15.9. The molecule has 0 atom stereocenters. The van der Waals surface area contributed by atoms with Crippen molar-refractivity contribution in [3.05, 3.63) is 39.8 Å². The first-order chi connectivity index (χ1) is 10.7. The maximum atomic E-state index is 12.4. The van der Waals surface area contributed by atoms with Gasteiger partial charge in [-0.3, -0.25) is 9.69 Å². The molecule has 0 aromatic heterocycles. The van der Waals surface area contributed by atoms with Crippen LogP contribution in [0.4, 0.5) is 0 Å². The zero-order chi connectivity index (χ0) is 17.2. The molecule has 0 unspecified atom stereocenters. The minimum Gasteiger partial charge on any atom is -0.382 e. The summed E-state index contributed by atoms with van der Waals surface area (Å²) in [6.07, 6.45) is 1.66. The maximum absolute atomic E-state index is 12.4. The van der Waals surface area contributed by atoms with Gasteiger partial charge in [-0.25, -0.2) is 0 Å². The van der Waals surface area contributed by atoms with Gasteiger partial charge in [-0.15, -0.1) is 4.40 Å². The van der Waals surface area contributed by atoms with Crippen LogP contribution >= 0.6 is 27.7 Å². The van der Waals surface area contributed by atoms with E-state index in [-0.39, 0.29) is 16.0 Å². The summed E-state index contributed by atoms with van der Waals surface area (Å²) < 4.78 is 29.5. The number of halogens is 1. The summed E-state index contributed by atoms with van der Waals surface area (Å²) in [5.41, 5.74) is 0. The van der Waals surface area contributed by atoms with Crippen molar-refractivity contribution in [2.45, 2.75) is 11.8 Å². The summed E-state index contributed by atoms with van der Waals surface area (Å²) in [5.74, 6) is -0.240. The van der Waals surface area contributed by atoms with Crippen LogP contribution in [0.25, 0.3) is 0 Å². The lowest BCUT2D eigenvalue weighted by Crippen LogP contribution is -2.29. The Labute approximate surface area is 148 Å². The van der Waals surface area contributed by atoms with Gasteiger partial charge in [-0.1, -0.05) is 15.9 Å². The van der Waals surface area contributed by atoms with E-state index in [9.17, 15) is 13.2 Å². The lowest BCUT2D eigenvalue weighted by atomic mass is 10.4. The number of hydrogen-bond acceptors (Lipinski definition) is 5. The smallest absolute Gasteiger partial charge is 0.284 e. The topological polar surface area (TPSA) is 70.1 Å². The molecule has 23 heavy (non-hydrogen) atoms. The fourth-order valence-electron chi connectivity index (χ4n) is 1.84. The lowest BCUT2D eigenvalue weighted by Gasteiger charge is -2.12. The van der Waals surface area contributed by atoms with Gasteiger partial charge in [-0.2, -0.15) is 8.42 Å². The third-order valence-corrected chi connectivity index (χ3v) is 5.81. The van der Waals surface area contributed by atoms with Gasteiger partial charge in [0.15, 0.2) is 5.17 Å². The van der Waals surface area contributed by atoms with Gasteiger partial charge in [0.05, 0.1) is 9.80 Å². The van der Waals surface area contributed by atoms with Gasteiger partial charge < -0.3 is 4.90 Å². The van der Waals surface area contributed by atoms with Crippen molar-refractivity contribution in [2.75, 3.05) is 20.6 Å². The quantitative estimate of drug-likeness (QED) is 0.703. The lowest BCUT2D eigenvalue weighted by molar-refractivity contribution is -0.122. The highest BCUT2D eigenvalue weighted by atomic mass is 79.9. The number of amidine groups is 1. The van der Waals surface area contributed by atoms with E-state index in [0.717, 1.165) is 16.2 Å². The van der Waals surface area contributed by atoms with Crippen molar-refractivity contribution in [3.8, 4) is 0 Å². The van der Waals surface area contributed by atoms with Crippen LogP contribution in [0.5, 0.6) is 0 Å². The number of amides is 1. The molecule has 0 saturated carbocycles. The molecule has 1 fully saturated rings. The molecule has 1 heterocycles. The van der Waals surface area contributed by atoms with E-state index >= 15 is 0 Å². The van der Waals surface area contributed by atoms with Crippen LogP contribution in [0.15, 0.2) is 49.1 Å². The van der Waals surface area contributed by atoms with Gasteiger partial charge >= 0.3 is 0 Å². The first-order valence-electron chi connectivity index (χ1n) is 6.73. The van der Waals surface area contributed by atoms with Crippen molar-refractivity contribution in [3.63, 3.8) is 0 Å². The molecular formula is C14H16BrN3O3S2. The molecule has 1 aromatic rings. The fourth-order valence-corrected chi connectivity index (χ4v) is 4.42. The molecule has 0 radical (unpaired) electrons. The Morgan fingerprint density at radius 2 is 1.91 bits per heavy atom. The SMILES string of the molecule is CCN1C(=O)/C(=C\N(C)C)SC1=NS(=O)(=O)c1ccc(Br)cc1. The van der Waals surface area contributed by atoms with Crippen LogP contribution in [0, 0.1) is 0 Å². The van der Waals surface area contributed by atoms with Crippen LogP contribution in [0.3, 0.4) is 0 Å². The van der Waals surface area contributed by atoms with Crippen LogP contribution in [0.1, 0.15) is 6.92 Å². The normalized spacial score (nSPS) is 19.0. The zero-order valence-corrected chi connectivity index (χ0v) is 16.1. The molecule has 9 heteroatoms. The molecule has 1 aliphatic heterocycles. The minimum atomic E-state index is -3.87. The number of likely N-dealkylation sites (N-methyl/N-ethyl adjacent to an activating group) is 1. The van der Waals surface area contributed by atoms with Gasteiger partial charge in [0.2, 0.25) is 0 Å². The number of carbonyl (C=O) groups is 1. The Bertz CT molecular complexity index is 771. The number of rotatable bonds is 4.